The first-order valence-corrected chi connectivity index (χ1v) is 6.39. The smallest absolute Gasteiger partial charge is 0.225 e. The van der Waals surface area contributed by atoms with Gasteiger partial charge >= 0.3 is 0 Å². The molecule has 0 saturated carbocycles. The van der Waals surface area contributed by atoms with E-state index in [4.69, 9.17) is 10.00 Å². The van der Waals surface area contributed by atoms with Crippen LogP contribution in [0.5, 0.6) is 5.75 Å². The Labute approximate surface area is 114 Å². The second-order valence-corrected chi connectivity index (χ2v) is 4.91. The maximum Gasteiger partial charge on any atom is 0.225 e. The number of rotatable bonds is 6. The first-order valence-electron chi connectivity index (χ1n) is 6.39. The van der Waals surface area contributed by atoms with E-state index >= 15 is 0 Å². The molecule has 0 aliphatic rings. The van der Waals surface area contributed by atoms with Crippen LogP contribution in [0.1, 0.15) is 26.7 Å². The van der Waals surface area contributed by atoms with Crippen LogP contribution in [0, 0.1) is 23.2 Å². The molecule has 19 heavy (non-hydrogen) atoms. The number of amides is 1. The number of methoxy groups -OCH3 is 1. The molecule has 1 rings (SSSR count). The Morgan fingerprint density at radius 2 is 2.11 bits per heavy atom. The van der Waals surface area contributed by atoms with Gasteiger partial charge in [0.05, 0.1) is 24.8 Å². The number of benzene rings is 1. The summed E-state index contributed by atoms with van der Waals surface area (Å²) in [6.45, 7) is 4.09. The predicted octanol–water partition coefficient (Wildman–Crippen LogP) is 3.21. The quantitative estimate of drug-likeness (QED) is 0.854. The van der Waals surface area contributed by atoms with Crippen molar-refractivity contribution >= 4 is 11.6 Å². The van der Waals surface area contributed by atoms with E-state index in [0.29, 0.717) is 17.4 Å². The van der Waals surface area contributed by atoms with Gasteiger partial charge in [0.1, 0.15) is 5.75 Å². The number of anilines is 1. The summed E-state index contributed by atoms with van der Waals surface area (Å²) in [5.41, 5.74) is 0.635. The highest BCUT2D eigenvalue weighted by molar-refractivity contribution is 5.92. The summed E-state index contributed by atoms with van der Waals surface area (Å²) in [5, 5.41) is 11.8. The average molecular weight is 260 g/mol. The van der Waals surface area contributed by atoms with Crippen LogP contribution in [0.15, 0.2) is 24.3 Å². The van der Waals surface area contributed by atoms with E-state index in [0.717, 1.165) is 6.42 Å². The van der Waals surface area contributed by atoms with Gasteiger partial charge in [0.15, 0.2) is 0 Å². The summed E-state index contributed by atoms with van der Waals surface area (Å²) in [5.74, 6) is 0.628. The van der Waals surface area contributed by atoms with Crippen LogP contribution in [0.25, 0.3) is 0 Å². The van der Waals surface area contributed by atoms with Gasteiger partial charge in [-0.1, -0.05) is 26.0 Å². The molecule has 1 atom stereocenters. The second-order valence-electron chi connectivity index (χ2n) is 4.91. The van der Waals surface area contributed by atoms with Gasteiger partial charge in [-0.2, -0.15) is 5.26 Å². The molecule has 0 aliphatic carbocycles. The topological polar surface area (TPSA) is 62.1 Å². The second kappa shape index (κ2) is 7.42. The summed E-state index contributed by atoms with van der Waals surface area (Å²) in [7, 11) is 1.56. The van der Waals surface area contributed by atoms with Crippen molar-refractivity contribution in [3.63, 3.8) is 0 Å². The van der Waals surface area contributed by atoms with Crippen molar-refractivity contribution in [2.45, 2.75) is 26.7 Å². The summed E-state index contributed by atoms with van der Waals surface area (Å²) in [6.07, 6.45) is 0.947. The van der Waals surface area contributed by atoms with Gasteiger partial charge in [-0.25, -0.2) is 0 Å². The lowest BCUT2D eigenvalue weighted by Crippen LogP contribution is -2.17. The van der Waals surface area contributed by atoms with Crippen molar-refractivity contribution in [3.05, 3.63) is 24.3 Å². The highest BCUT2D eigenvalue weighted by atomic mass is 16.5. The Bertz CT molecular complexity index is 463. The third kappa shape index (κ3) is 5.01. The zero-order valence-corrected chi connectivity index (χ0v) is 11.6. The maximum absolute atomic E-state index is 11.9. The number of nitrogens with zero attached hydrogens (tertiary/aromatic N) is 1. The Morgan fingerprint density at radius 3 is 2.68 bits per heavy atom. The fourth-order valence-corrected chi connectivity index (χ4v) is 1.92. The molecule has 0 fully saturated rings. The molecule has 1 unspecified atom stereocenters. The molecular formula is C15H20N2O2. The Balaban J connectivity index is 2.62. The molecule has 0 radical (unpaired) electrons. The Kier molecular flexibility index (Phi) is 5.87. The highest BCUT2D eigenvalue weighted by Gasteiger charge is 2.15. The van der Waals surface area contributed by atoms with E-state index in [9.17, 15) is 4.79 Å². The van der Waals surface area contributed by atoms with Gasteiger partial charge in [-0.05, 0) is 24.5 Å². The van der Waals surface area contributed by atoms with Gasteiger partial charge in [0, 0.05) is 6.42 Å². The number of carbonyl (C=O) groups excluding carboxylic acids is 1. The molecule has 0 spiro atoms. The number of hydrogen-bond acceptors (Lipinski definition) is 3. The Morgan fingerprint density at radius 1 is 1.42 bits per heavy atom. The van der Waals surface area contributed by atoms with E-state index in [2.05, 4.69) is 11.4 Å². The molecule has 4 heteroatoms. The fraction of sp³-hybridized carbons (Fsp3) is 0.467. The van der Waals surface area contributed by atoms with Gasteiger partial charge in [-0.15, -0.1) is 0 Å². The van der Waals surface area contributed by atoms with Crippen LogP contribution >= 0.6 is 0 Å². The van der Waals surface area contributed by atoms with Crippen LogP contribution in [-0.2, 0) is 4.79 Å². The minimum Gasteiger partial charge on any atom is -0.495 e. The molecule has 0 bridgehead atoms. The van der Waals surface area contributed by atoms with E-state index in [1.165, 1.54) is 0 Å². The first kappa shape index (κ1) is 15.0. The lowest BCUT2D eigenvalue weighted by Gasteiger charge is -2.13. The third-order valence-corrected chi connectivity index (χ3v) is 2.75. The van der Waals surface area contributed by atoms with E-state index in [1.54, 1.807) is 19.2 Å². The van der Waals surface area contributed by atoms with Crippen molar-refractivity contribution < 1.29 is 9.53 Å². The SMILES string of the molecule is COc1ccccc1NC(=O)CC(C#N)CC(C)C. The molecule has 0 heterocycles. The van der Waals surface area contributed by atoms with Crippen LogP contribution in [-0.4, -0.2) is 13.0 Å². The fourth-order valence-electron chi connectivity index (χ4n) is 1.92. The van der Waals surface area contributed by atoms with Crippen molar-refractivity contribution in [1.29, 1.82) is 5.26 Å². The summed E-state index contributed by atoms with van der Waals surface area (Å²) >= 11 is 0. The van der Waals surface area contributed by atoms with Crippen LogP contribution in [0.4, 0.5) is 5.69 Å². The third-order valence-electron chi connectivity index (χ3n) is 2.75. The maximum atomic E-state index is 11.9. The van der Waals surface area contributed by atoms with Crippen LogP contribution in [0.3, 0.4) is 0 Å². The van der Waals surface area contributed by atoms with E-state index in [1.807, 2.05) is 26.0 Å². The monoisotopic (exact) mass is 260 g/mol. The number of para-hydroxylation sites is 2. The lowest BCUT2D eigenvalue weighted by molar-refractivity contribution is -0.116. The largest absolute Gasteiger partial charge is 0.495 e. The molecule has 1 amide bonds. The molecule has 102 valence electrons. The number of hydrogen-bond donors (Lipinski definition) is 1. The van der Waals surface area contributed by atoms with Crippen LogP contribution in [0.2, 0.25) is 0 Å². The first-order chi connectivity index (χ1) is 9.06. The molecule has 1 N–H and O–H groups in total. The van der Waals surface area contributed by atoms with Crippen LogP contribution < -0.4 is 10.1 Å². The number of ether oxygens (including phenoxy) is 1. The summed E-state index contributed by atoms with van der Waals surface area (Å²) < 4.78 is 5.16. The van der Waals surface area contributed by atoms with Crippen molar-refractivity contribution in [2.24, 2.45) is 11.8 Å². The molecule has 1 aromatic carbocycles. The molecule has 0 aliphatic heterocycles. The van der Waals surface area contributed by atoms with Gasteiger partial charge in [0.25, 0.3) is 0 Å². The minimum atomic E-state index is -0.241. The Hall–Kier alpha value is -2.02. The lowest BCUT2D eigenvalue weighted by atomic mass is 9.95. The number of nitrogens with one attached hydrogen (secondary N) is 1. The van der Waals surface area contributed by atoms with Crippen molar-refractivity contribution in [1.82, 2.24) is 0 Å². The minimum absolute atomic E-state index is 0.156. The summed E-state index contributed by atoms with van der Waals surface area (Å²) in [4.78, 5) is 11.9. The number of carbonyl (C=O) groups is 1. The van der Waals surface area contributed by atoms with Gasteiger partial charge in [0.2, 0.25) is 5.91 Å². The average Bonchev–Trinajstić information content (AvgIpc) is 2.38. The molecule has 0 saturated heterocycles. The molecule has 1 aromatic rings. The van der Waals surface area contributed by atoms with Gasteiger partial charge in [-0.3, -0.25) is 4.79 Å². The highest BCUT2D eigenvalue weighted by Crippen LogP contribution is 2.24. The van der Waals surface area contributed by atoms with Gasteiger partial charge < -0.3 is 10.1 Å². The number of nitriles is 1. The molecule has 0 aromatic heterocycles. The van der Waals surface area contributed by atoms with E-state index < -0.39 is 0 Å². The van der Waals surface area contributed by atoms with E-state index in [-0.39, 0.29) is 18.2 Å². The zero-order valence-electron chi connectivity index (χ0n) is 11.6. The molecular weight excluding hydrogens is 240 g/mol. The normalized spacial score (nSPS) is 11.7. The predicted molar refractivity (Wildman–Crippen MR) is 74.8 cm³/mol. The molecule has 4 nitrogen and oxygen atoms in total. The van der Waals surface area contributed by atoms with Crippen molar-refractivity contribution in [2.75, 3.05) is 12.4 Å². The standard InChI is InChI=1S/C15H20N2O2/c1-11(2)8-12(10-16)9-15(18)17-13-6-4-5-7-14(13)19-3/h4-7,11-12H,8-9H2,1-3H3,(H,17,18). The zero-order chi connectivity index (χ0) is 14.3. The van der Waals surface area contributed by atoms with Crippen molar-refractivity contribution in [3.8, 4) is 11.8 Å². The summed E-state index contributed by atoms with van der Waals surface area (Å²) in [6, 6.07) is 9.41.